The first-order chi connectivity index (χ1) is 12.2. The molecule has 7 nitrogen and oxygen atoms in total. The van der Waals surface area contributed by atoms with Gasteiger partial charge >= 0.3 is 12.1 Å². The molecule has 0 saturated heterocycles. The summed E-state index contributed by atoms with van der Waals surface area (Å²) in [7, 11) is 3.21. The smallest absolute Gasteiger partial charge is 0.407 e. The van der Waals surface area contributed by atoms with Crippen molar-refractivity contribution in [2.24, 2.45) is 7.05 Å². The first-order valence-electron chi connectivity index (χ1n) is 9.14. The normalized spacial score (nSPS) is 20.5. The van der Waals surface area contributed by atoms with E-state index in [2.05, 4.69) is 10.6 Å². The molecule has 1 aliphatic carbocycles. The molecule has 1 fully saturated rings. The summed E-state index contributed by atoms with van der Waals surface area (Å²) in [5, 5.41) is 6.50. The second kappa shape index (κ2) is 8.58. The highest BCUT2D eigenvalue weighted by Gasteiger charge is 2.25. The van der Waals surface area contributed by atoms with Crippen molar-refractivity contribution < 1.29 is 19.1 Å². The number of hydrogen-bond acceptors (Lipinski definition) is 5. The molecule has 146 valence electrons. The lowest BCUT2D eigenvalue weighted by molar-refractivity contribution is 0.0487. The molecule has 2 N–H and O–H groups in total. The highest BCUT2D eigenvalue weighted by molar-refractivity contribution is 5.87. The summed E-state index contributed by atoms with van der Waals surface area (Å²) in [5.74, 6) is -0.335. The van der Waals surface area contributed by atoms with E-state index >= 15 is 0 Å². The van der Waals surface area contributed by atoms with Gasteiger partial charge in [0.25, 0.3) is 0 Å². The van der Waals surface area contributed by atoms with Crippen LogP contribution in [0.5, 0.6) is 0 Å². The van der Waals surface area contributed by atoms with Gasteiger partial charge in [0.15, 0.2) is 0 Å². The van der Waals surface area contributed by atoms with Gasteiger partial charge in [-0.3, -0.25) is 0 Å². The van der Waals surface area contributed by atoms with E-state index in [0.717, 1.165) is 31.2 Å². The molecule has 1 aromatic rings. The van der Waals surface area contributed by atoms with Crippen molar-refractivity contribution >= 4 is 12.1 Å². The molecule has 2 rings (SSSR count). The van der Waals surface area contributed by atoms with Crippen LogP contribution in [0, 0.1) is 0 Å². The number of carbonyl (C=O) groups is 2. The SMILES string of the molecule is COC(=O)c1cc(CN[C@H]2CCC[C@H](NC(=O)OC(C)(C)C)C2)cn1C. The number of carbonyl (C=O) groups excluding carboxylic acids is 2. The maximum atomic E-state index is 11.9. The topological polar surface area (TPSA) is 81.6 Å². The Balaban J connectivity index is 1.83. The maximum Gasteiger partial charge on any atom is 0.407 e. The molecule has 0 unspecified atom stereocenters. The van der Waals surface area contributed by atoms with Crippen molar-refractivity contribution in [3.05, 3.63) is 23.5 Å². The van der Waals surface area contributed by atoms with Gasteiger partial charge in [0.2, 0.25) is 0 Å². The van der Waals surface area contributed by atoms with E-state index < -0.39 is 5.60 Å². The van der Waals surface area contributed by atoms with Gasteiger partial charge in [0, 0.05) is 31.9 Å². The van der Waals surface area contributed by atoms with Gasteiger partial charge in [0.1, 0.15) is 11.3 Å². The third-order valence-corrected chi connectivity index (χ3v) is 4.45. The minimum atomic E-state index is -0.485. The Morgan fingerprint density at radius 2 is 1.96 bits per heavy atom. The Labute approximate surface area is 155 Å². The lowest BCUT2D eigenvalue weighted by Gasteiger charge is -2.31. The van der Waals surface area contributed by atoms with Crippen LogP contribution in [-0.2, 0) is 23.1 Å². The first-order valence-corrected chi connectivity index (χ1v) is 9.14. The van der Waals surface area contributed by atoms with Crippen molar-refractivity contribution in [1.82, 2.24) is 15.2 Å². The molecule has 0 aromatic carbocycles. The third kappa shape index (κ3) is 6.05. The molecule has 0 bridgehead atoms. The number of hydrogen-bond donors (Lipinski definition) is 2. The number of methoxy groups -OCH3 is 1. The molecule has 2 atom stereocenters. The van der Waals surface area contributed by atoms with Gasteiger partial charge < -0.3 is 24.7 Å². The van der Waals surface area contributed by atoms with E-state index in [1.807, 2.05) is 40.1 Å². The predicted octanol–water partition coefficient (Wildman–Crippen LogP) is 2.74. The molecular weight excluding hydrogens is 334 g/mol. The summed E-state index contributed by atoms with van der Waals surface area (Å²) in [6.45, 7) is 6.26. The maximum absolute atomic E-state index is 11.9. The molecule has 1 saturated carbocycles. The fraction of sp³-hybridized carbons (Fsp3) is 0.684. The van der Waals surface area contributed by atoms with Crippen LogP contribution < -0.4 is 10.6 Å². The van der Waals surface area contributed by atoms with Gasteiger partial charge in [-0.2, -0.15) is 0 Å². The van der Waals surface area contributed by atoms with E-state index in [1.165, 1.54) is 7.11 Å². The highest BCUT2D eigenvalue weighted by atomic mass is 16.6. The zero-order chi connectivity index (χ0) is 19.3. The number of alkyl carbamates (subject to hydrolysis) is 1. The number of aryl methyl sites for hydroxylation is 1. The van der Waals surface area contributed by atoms with Crippen LogP contribution in [0.4, 0.5) is 4.79 Å². The van der Waals surface area contributed by atoms with E-state index in [9.17, 15) is 9.59 Å². The second-order valence-electron chi connectivity index (χ2n) is 7.92. The third-order valence-electron chi connectivity index (χ3n) is 4.45. The first kappa shape index (κ1) is 20.3. The van der Waals surface area contributed by atoms with Gasteiger partial charge in [-0.1, -0.05) is 0 Å². The van der Waals surface area contributed by atoms with Crippen LogP contribution in [0.2, 0.25) is 0 Å². The van der Waals surface area contributed by atoms with Gasteiger partial charge in [0.05, 0.1) is 7.11 Å². The molecule has 7 heteroatoms. The van der Waals surface area contributed by atoms with Crippen LogP contribution in [0.3, 0.4) is 0 Å². The Morgan fingerprint density at radius 1 is 1.27 bits per heavy atom. The number of amides is 1. The van der Waals surface area contributed by atoms with E-state index in [1.54, 1.807) is 4.57 Å². The zero-order valence-electron chi connectivity index (χ0n) is 16.4. The molecule has 0 radical (unpaired) electrons. The van der Waals surface area contributed by atoms with Crippen molar-refractivity contribution in [2.45, 2.75) is 70.7 Å². The summed E-state index contributed by atoms with van der Waals surface area (Å²) in [4.78, 5) is 23.6. The summed E-state index contributed by atoms with van der Waals surface area (Å²) in [6, 6.07) is 2.29. The van der Waals surface area contributed by atoms with Crippen LogP contribution >= 0.6 is 0 Å². The minimum absolute atomic E-state index is 0.123. The summed E-state index contributed by atoms with van der Waals surface area (Å²) >= 11 is 0. The quantitative estimate of drug-likeness (QED) is 0.784. The molecule has 26 heavy (non-hydrogen) atoms. The fourth-order valence-corrected chi connectivity index (χ4v) is 3.28. The molecule has 0 spiro atoms. The van der Waals surface area contributed by atoms with Crippen molar-refractivity contribution in [1.29, 1.82) is 0 Å². The van der Waals surface area contributed by atoms with E-state index in [-0.39, 0.29) is 18.1 Å². The summed E-state index contributed by atoms with van der Waals surface area (Å²) in [6.07, 6.45) is 5.54. The summed E-state index contributed by atoms with van der Waals surface area (Å²) in [5.41, 5.74) is 1.09. The van der Waals surface area contributed by atoms with Crippen LogP contribution in [0.15, 0.2) is 12.3 Å². The predicted molar refractivity (Wildman–Crippen MR) is 99.0 cm³/mol. The number of ether oxygens (including phenoxy) is 2. The molecule has 1 amide bonds. The number of esters is 1. The van der Waals surface area contributed by atoms with E-state index in [4.69, 9.17) is 9.47 Å². The largest absolute Gasteiger partial charge is 0.464 e. The fourth-order valence-electron chi connectivity index (χ4n) is 3.28. The van der Waals surface area contributed by atoms with Crippen molar-refractivity contribution in [3.63, 3.8) is 0 Å². The van der Waals surface area contributed by atoms with Crippen molar-refractivity contribution in [3.8, 4) is 0 Å². The Hall–Kier alpha value is -2.02. The number of nitrogens with one attached hydrogen (secondary N) is 2. The molecular formula is C19H31N3O4. The van der Waals surface area contributed by atoms with Crippen LogP contribution in [0.1, 0.15) is 62.5 Å². The average molecular weight is 365 g/mol. The molecule has 0 aliphatic heterocycles. The number of rotatable bonds is 5. The summed E-state index contributed by atoms with van der Waals surface area (Å²) < 4.78 is 11.9. The van der Waals surface area contributed by atoms with E-state index in [0.29, 0.717) is 18.3 Å². The van der Waals surface area contributed by atoms with Gasteiger partial charge in [-0.15, -0.1) is 0 Å². The van der Waals surface area contributed by atoms with Crippen molar-refractivity contribution in [2.75, 3.05) is 7.11 Å². The van der Waals surface area contributed by atoms with Crippen LogP contribution in [0.25, 0.3) is 0 Å². The minimum Gasteiger partial charge on any atom is -0.464 e. The Kier molecular flexibility index (Phi) is 6.69. The lowest BCUT2D eigenvalue weighted by Crippen LogP contribution is -2.45. The Bertz CT molecular complexity index is 633. The molecule has 1 aromatic heterocycles. The highest BCUT2D eigenvalue weighted by Crippen LogP contribution is 2.20. The van der Waals surface area contributed by atoms with Gasteiger partial charge in [-0.25, -0.2) is 9.59 Å². The monoisotopic (exact) mass is 365 g/mol. The Morgan fingerprint density at radius 3 is 2.62 bits per heavy atom. The molecule has 1 aliphatic rings. The van der Waals surface area contributed by atoms with Gasteiger partial charge in [-0.05, 0) is 58.1 Å². The number of aromatic nitrogens is 1. The zero-order valence-corrected chi connectivity index (χ0v) is 16.4. The second-order valence-corrected chi connectivity index (χ2v) is 7.92. The van der Waals surface area contributed by atoms with Crippen LogP contribution in [-0.4, -0.2) is 41.4 Å². The lowest BCUT2D eigenvalue weighted by atomic mass is 9.91. The average Bonchev–Trinajstić information content (AvgIpc) is 2.91. The standard InChI is InChI=1S/C19H31N3O4/c1-19(2,3)26-18(24)21-15-8-6-7-14(10-15)20-11-13-9-16(17(23)25-5)22(4)12-13/h9,12,14-15,20H,6-8,10-11H2,1-5H3,(H,21,24)/t14-,15-/m0/s1. The molecule has 1 heterocycles. The number of nitrogens with zero attached hydrogens (tertiary/aromatic N) is 1.